The quantitative estimate of drug-likeness (QED) is 0.158. The summed E-state index contributed by atoms with van der Waals surface area (Å²) in [5.41, 5.74) is 7.59. The fourth-order valence-electron chi connectivity index (χ4n) is 4.27. The Hall–Kier alpha value is -4.07. The maximum atomic E-state index is 6.64. The van der Waals surface area contributed by atoms with E-state index in [0.29, 0.717) is 6.42 Å². The van der Waals surface area contributed by atoms with E-state index >= 15 is 0 Å². The van der Waals surface area contributed by atoms with E-state index in [4.69, 9.17) is 14.5 Å². The zero-order valence-electron chi connectivity index (χ0n) is 21.5. The van der Waals surface area contributed by atoms with Crippen LogP contribution < -0.4 is 9.47 Å². The molecule has 1 aliphatic heterocycles. The first-order valence-electron chi connectivity index (χ1n) is 12.6. The van der Waals surface area contributed by atoms with Gasteiger partial charge in [-0.15, -0.1) is 5.54 Å². The van der Waals surface area contributed by atoms with E-state index < -0.39 is 13.9 Å². The second-order valence-electron chi connectivity index (χ2n) is 10.3. The molecule has 0 amide bonds. The van der Waals surface area contributed by atoms with Crippen LogP contribution in [-0.2, 0) is 12.2 Å². The highest BCUT2D eigenvalue weighted by molar-refractivity contribution is 6.83. The Morgan fingerprint density at radius 1 is 0.757 bits per heavy atom. The molecule has 37 heavy (non-hydrogen) atoms. The van der Waals surface area contributed by atoms with E-state index in [-0.39, 0.29) is 6.04 Å². The molecule has 1 heterocycles. The Morgan fingerprint density at radius 2 is 1.32 bits per heavy atom. The summed E-state index contributed by atoms with van der Waals surface area (Å²) in [6.07, 6.45) is 2.62. The van der Waals surface area contributed by atoms with Crippen molar-refractivity contribution in [1.29, 1.82) is 0 Å². The Labute approximate surface area is 220 Å². The lowest BCUT2D eigenvalue weighted by atomic mass is 9.97. The summed E-state index contributed by atoms with van der Waals surface area (Å²) in [6.45, 7) is 6.77. The second-order valence-corrected chi connectivity index (χ2v) is 15.0. The van der Waals surface area contributed by atoms with Crippen LogP contribution >= 0.6 is 0 Å². The van der Waals surface area contributed by atoms with E-state index in [1.165, 1.54) is 0 Å². The Balaban J connectivity index is 1.45. The first kappa shape index (κ1) is 24.6. The predicted molar refractivity (Wildman–Crippen MR) is 154 cm³/mol. The van der Waals surface area contributed by atoms with Crippen LogP contribution in [0.3, 0.4) is 0 Å². The third-order valence-corrected chi connectivity index (χ3v) is 6.96. The fourth-order valence-corrected chi connectivity index (χ4v) is 4.87. The lowest BCUT2D eigenvalue weighted by Gasteiger charge is -2.28. The summed E-state index contributed by atoms with van der Waals surface area (Å²) in [5, 5.41) is 0. The average molecular weight is 502 g/mol. The van der Waals surface area contributed by atoms with E-state index in [1.54, 1.807) is 0 Å². The van der Waals surface area contributed by atoms with Crippen molar-refractivity contribution in [3.63, 3.8) is 0 Å². The molecule has 0 saturated heterocycles. The molecule has 1 atom stereocenters. The summed E-state index contributed by atoms with van der Waals surface area (Å²) in [7, 11) is -1.54. The molecular formula is C33H31NO2Si. The van der Waals surface area contributed by atoms with Crippen molar-refractivity contribution in [1.82, 2.24) is 0 Å². The van der Waals surface area contributed by atoms with Gasteiger partial charge in [0.2, 0.25) is 0 Å². The molecule has 1 aliphatic rings. The van der Waals surface area contributed by atoms with Gasteiger partial charge in [0.1, 0.15) is 14.1 Å². The topological polar surface area (TPSA) is 30.8 Å². The Bertz CT molecular complexity index is 1390. The molecule has 0 radical (unpaired) electrons. The molecule has 0 aliphatic carbocycles. The number of aliphatic imine (C=N–C) groups is 1. The third kappa shape index (κ3) is 5.85. The normalized spacial score (nSPS) is 14.7. The van der Waals surface area contributed by atoms with Gasteiger partial charge in [0.25, 0.3) is 0 Å². The van der Waals surface area contributed by atoms with Crippen molar-refractivity contribution in [2.45, 2.75) is 37.9 Å². The van der Waals surface area contributed by atoms with E-state index in [2.05, 4.69) is 55.4 Å². The van der Waals surface area contributed by atoms with Crippen LogP contribution in [-0.4, -0.2) is 20.3 Å². The molecule has 0 saturated carbocycles. The summed E-state index contributed by atoms with van der Waals surface area (Å²) < 4.78 is 13.2. The zero-order valence-corrected chi connectivity index (χ0v) is 22.5. The van der Waals surface area contributed by atoms with Crippen molar-refractivity contribution in [2.24, 2.45) is 4.99 Å². The number of hydrogen-bond donors (Lipinski definition) is 0. The van der Waals surface area contributed by atoms with Crippen LogP contribution in [0, 0.1) is 11.5 Å². The van der Waals surface area contributed by atoms with Crippen molar-refractivity contribution in [2.75, 3.05) is 0 Å². The number of benzene rings is 4. The van der Waals surface area contributed by atoms with Crippen LogP contribution in [0.1, 0.15) is 22.3 Å². The molecule has 4 aromatic carbocycles. The second kappa shape index (κ2) is 10.5. The molecule has 3 nitrogen and oxygen atoms in total. The van der Waals surface area contributed by atoms with Crippen LogP contribution in [0.2, 0.25) is 19.6 Å². The van der Waals surface area contributed by atoms with Gasteiger partial charge in [-0.2, -0.15) is 0 Å². The molecule has 0 fully saturated rings. The number of hydrogen-bond acceptors (Lipinski definition) is 3. The van der Waals surface area contributed by atoms with E-state index in [0.717, 1.165) is 33.8 Å². The highest BCUT2D eigenvalue weighted by Gasteiger charge is 2.45. The molecule has 4 aromatic rings. The molecule has 5 rings (SSSR count). The van der Waals surface area contributed by atoms with Crippen molar-refractivity contribution in [3.8, 4) is 23.0 Å². The zero-order chi connectivity index (χ0) is 25.7. The molecule has 0 aromatic heterocycles. The van der Waals surface area contributed by atoms with Crippen LogP contribution in [0.5, 0.6) is 11.5 Å². The minimum absolute atomic E-state index is 0.139. The van der Waals surface area contributed by atoms with Crippen molar-refractivity contribution >= 4 is 14.3 Å². The van der Waals surface area contributed by atoms with Crippen molar-refractivity contribution < 1.29 is 9.47 Å². The van der Waals surface area contributed by atoms with Gasteiger partial charge in [-0.05, 0) is 23.3 Å². The molecule has 0 spiro atoms. The minimum atomic E-state index is -1.54. The molecule has 0 N–H and O–H groups in total. The minimum Gasteiger partial charge on any atom is -0.440 e. The first-order chi connectivity index (χ1) is 17.9. The number of ether oxygens (including phenoxy) is 2. The van der Waals surface area contributed by atoms with Crippen molar-refractivity contribution in [3.05, 3.63) is 131 Å². The van der Waals surface area contributed by atoms with Gasteiger partial charge in [-0.3, -0.25) is 4.99 Å². The predicted octanol–water partition coefficient (Wildman–Crippen LogP) is 7.27. The number of fused-ring (bicyclic) bond motifs is 1. The standard InChI is InChI=1S/C33H31NO2Si/c1-37(2,3)22-21-30(34-25-26-13-7-4-8-14-26)23-27-19-20-31-32(24-27)36-33(35-31,28-15-9-5-10-16-28)29-17-11-6-12-18-29/h4-20,24-25,30H,23H2,1-3H3. The highest BCUT2D eigenvalue weighted by Crippen LogP contribution is 2.48. The largest absolute Gasteiger partial charge is 0.440 e. The van der Waals surface area contributed by atoms with Gasteiger partial charge < -0.3 is 9.47 Å². The smallest absolute Gasteiger partial charge is 0.305 e. The fraction of sp³-hybridized carbons (Fsp3) is 0.182. The van der Waals surface area contributed by atoms with Gasteiger partial charge in [-0.1, -0.05) is 123 Å². The highest BCUT2D eigenvalue weighted by atomic mass is 28.3. The Kier molecular flexibility index (Phi) is 6.99. The lowest BCUT2D eigenvalue weighted by molar-refractivity contribution is -0.0459. The summed E-state index contributed by atoms with van der Waals surface area (Å²) in [6, 6.07) is 36.4. The van der Waals surface area contributed by atoms with E-state index in [9.17, 15) is 0 Å². The maximum Gasteiger partial charge on any atom is 0.305 e. The number of rotatable bonds is 6. The molecular weight excluding hydrogens is 470 g/mol. The third-order valence-electron chi connectivity index (χ3n) is 6.07. The maximum absolute atomic E-state index is 6.64. The first-order valence-corrected chi connectivity index (χ1v) is 16.1. The summed E-state index contributed by atoms with van der Waals surface area (Å²) >= 11 is 0. The Morgan fingerprint density at radius 3 is 1.92 bits per heavy atom. The number of nitrogens with zero attached hydrogens (tertiary/aromatic N) is 1. The monoisotopic (exact) mass is 501 g/mol. The van der Waals surface area contributed by atoms with Gasteiger partial charge in [-0.25, -0.2) is 0 Å². The van der Waals surface area contributed by atoms with Gasteiger partial charge in [0.05, 0.1) is 0 Å². The van der Waals surface area contributed by atoms with Gasteiger partial charge >= 0.3 is 5.79 Å². The SMILES string of the molecule is C[Si](C)(C)C#CC(Cc1ccc2c(c1)OC(c1ccccc1)(c1ccccc1)O2)N=Cc1ccccc1. The average Bonchev–Trinajstić information content (AvgIpc) is 3.31. The van der Waals surface area contributed by atoms with Gasteiger partial charge in [0, 0.05) is 23.8 Å². The van der Waals surface area contributed by atoms with E-state index in [1.807, 2.05) is 91.1 Å². The lowest BCUT2D eigenvalue weighted by Crippen LogP contribution is -2.36. The van der Waals surface area contributed by atoms with Crippen LogP contribution in [0.4, 0.5) is 0 Å². The molecule has 4 heteroatoms. The molecule has 184 valence electrons. The summed E-state index contributed by atoms with van der Waals surface area (Å²) in [5.74, 6) is 3.90. The van der Waals surface area contributed by atoms with Crippen LogP contribution in [0.25, 0.3) is 0 Å². The molecule has 0 bridgehead atoms. The molecule has 1 unspecified atom stereocenters. The van der Waals surface area contributed by atoms with Crippen LogP contribution in [0.15, 0.2) is 114 Å². The van der Waals surface area contributed by atoms with Gasteiger partial charge in [0.15, 0.2) is 11.5 Å². The summed E-state index contributed by atoms with van der Waals surface area (Å²) in [4.78, 5) is 4.86.